The molecule has 7 heteroatoms. The third kappa shape index (κ3) is 3.13. The minimum Gasteiger partial charge on any atom is -0.462 e. The maximum atomic E-state index is 13.3. The van der Waals surface area contributed by atoms with Crippen LogP contribution in [0.3, 0.4) is 0 Å². The highest BCUT2D eigenvalue weighted by molar-refractivity contribution is 5.80. The largest absolute Gasteiger partial charge is 0.462 e. The van der Waals surface area contributed by atoms with Gasteiger partial charge in [-0.05, 0) is 24.3 Å². The van der Waals surface area contributed by atoms with Crippen molar-refractivity contribution in [3.63, 3.8) is 0 Å². The summed E-state index contributed by atoms with van der Waals surface area (Å²) in [6.07, 6.45) is 0.881. The number of furan rings is 1. The second-order valence-corrected chi connectivity index (χ2v) is 4.81. The van der Waals surface area contributed by atoms with Gasteiger partial charge in [-0.3, -0.25) is 0 Å². The van der Waals surface area contributed by atoms with Crippen molar-refractivity contribution in [1.29, 1.82) is 0 Å². The maximum Gasteiger partial charge on any atom is 0.407 e. The number of amides is 1. The highest BCUT2D eigenvalue weighted by Gasteiger charge is 2.12. The summed E-state index contributed by atoms with van der Waals surface area (Å²) in [7, 11) is 1.26. The van der Waals surface area contributed by atoms with Gasteiger partial charge in [0, 0.05) is 17.2 Å². The molecule has 1 amide bonds. The fourth-order valence-electron chi connectivity index (χ4n) is 2.19. The van der Waals surface area contributed by atoms with E-state index in [1.165, 1.54) is 25.5 Å². The molecule has 118 valence electrons. The summed E-state index contributed by atoms with van der Waals surface area (Å²) >= 11 is 0. The van der Waals surface area contributed by atoms with Gasteiger partial charge in [0.15, 0.2) is 5.58 Å². The van der Waals surface area contributed by atoms with Gasteiger partial charge in [-0.2, -0.15) is 0 Å². The second kappa shape index (κ2) is 6.04. The molecule has 0 unspecified atom stereocenters. The lowest BCUT2D eigenvalue weighted by Gasteiger charge is -2.04. The van der Waals surface area contributed by atoms with E-state index in [1.807, 2.05) is 0 Å². The van der Waals surface area contributed by atoms with E-state index in [1.54, 1.807) is 12.1 Å². The number of benzene rings is 1. The van der Waals surface area contributed by atoms with Crippen molar-refractivity contribution in [2.75, 3.05) is 7.11 Å². The molecule has 0 radical (unpaired) electrons. The van der Waals surface area contributed by atoms with Gasteiger partial charge < -0.3 is 14.5 Å². The van der Waals surface area contributed by atoms with Crippen molar-refractivity contribution in [3.05, 3.63) is 53.8 Å². The summed E-state index contributed by atoms with van der Waals surface area (Å²) in [6.45, 7) is 0.160. The normalized spacial score (nSPS) is 10.7. The van der Waals surface area contributed by atoms with Crippen molar-refractivity contribution in [2.24, 2.45) is 0 Å². The fraction of sp³-hybridized carbons (Fsp3) is 0.125. The smallest absolute Gasteiger partial charge is 0.407 e. The van der Waals surface area contributed by atoms with Crippen LogP contribution in [0.15, 0.2) is 41.0 Å². The van der Waals surface area contributed by atoms with E-state index in [0.717, 1.165) is 6.07 Å². The van der Waals surface area contributed by atoms with E-state index in [0.29, 0.717) is 27.9 Å². The lowest BCUT2D eigenvalue weighted by molar-refractivity contribution is 0.170. The molecule has 1 N–H and O–H groups in total. The molecule has 1 aromatic carbocycles. The van der Waals surface area contributed by atoms with Crippen molar-refractivity contribution in [2.45, 2.75) is 6.54 Å². The van der Waals surface area contributed by atoms with E-state index in [9.17, 15) is 13.6 Å². The van der Waals surface area contributed by atoms with Crippen LogP contribution in [0.4, 0.5) is 13.6 Å². The highest BCUT2D eigenvalue weighted by atomic mass is 19.1. The van der Waals surface area contributed by atoms with Gasteiger partial charge in [-0.25, -0.2) is 18.6 Å². The van der Waals surface area contributed by atoms with Gasteiger partial charge in [0.25, 0.3) is 0 Å². The van der Waals surface area contributed by atoms with Crippen molar-refractivity contribution < 1.29 is 22.7 Å². The molecule has 0 atom stereocenters. The number of halogens is 2. The Hall–Kier alpha value is -2.96. The standard InChI is InChI=1S/C16H12F2N2O3/c1-22-16(21)19-7-10-8-23-14-3-2-13(20-15(10)14)9-4-11(17)6-12(18)5-9/h2-6,8H,7H2,1H3,(H,19,21). The van der Waals surface area contributed by atoms with Crippen LogP contribution in [0.1, 0.15) is 5.56 Å². The van der Waals surface area contributed by atoms with E-state index in [2.05, 4.69) is 15.0 Å². The Labute approximate surface area is 129 Å². The number of aromatic nitrogens is 1. The number of rotatable bonds is 3. The molecule has 3 aromatic rings. The zero-order valence-electron chi connectivity index (χ0n) is 12.1. The zero-order valence-corrected chi connectivity index (χ0v) is 12.1. The predicted octanol–water partition coefficient (Wildman–Crippen LogP) is 3.63. The number of carbonyl (C=O) groups is 1. The number of methoxy groups -OCH3 is 1. The van der Waals surface area contributed by atoms with Gasteiger partial charge in [-0.15, -0.1) is 0 Å². The minimum atomic E-state index is -0.679. The number of hydrogen-bond donors (Lipinski definition) is 1. The fourth-order valence-corrected chi connectivity index (χ4v) is 2.19. The first-order valence-electron chi connectivity index (χ1n) is 6.72. The minimum absolute atomic E-state index is 0.160. The van der Waals surface area contributed by atoms with Gasteiger partial charge in [0.05, 0.1) is 25.6 Å². The van der Waals surface area contributed by atoms with Crippen LogP contribution < -0.4 is 5.32 Å². The molecule has 0 fully saturated rings. The SMILES string of the molecule is COC(=O)NCc1coc2ccc(-c3cc(F)cc(F)c3)nc12. The number of nitrogens with one attached hydrogen (secondary N) is 1. The topological polar surface area (TPSA) is 64.4 Å². The van der Waals surface area contributed by atoms with E-state index in [4.69, 9.17) is 4.42 Å². The number of nitrogens with zero attached hydrogens (tertiary/aromatic N) is 1. The number of hydrogen-bond acceptors (Lipinski definition) is 4. The first-order valence-corrected chi connectivity index (χ1v) is 6.72. The molecule has 23 heavy (non-hydrogen) atoms. The molecule has 2 aromatic heterocycles. The molecule has 2 heterocycles. The molecule has 3 rings (SSSR count). The van der Waals surface area contributed by atoms with Gasteiger partial charge in [0.2, 0.25) is 0 Å². The molecule has 0 aliphatic carbocycles. The summed E-state index contributed by atoms with van der Waals surface area (Å²) in [5, 5.41) is 2.52. The Bertz CT molecular complexity index is 857. The van der Waals surface area contributed by atoms with Crippen LogP contribution in [0, 0.1) is 11.6 Å². The van der Waals surface area contributed by atoms with Crippen LogP contribution in [-0.2, 0) is 11.3 Å². The Morgan fingerprint density at radius 1 is 1.26 bits per heavy atom. The molecular weight excluding hydrogens is 306 g/mol. The quantitative estimate of drug-likeness (QED) is 0.801. The van der Waals surface area contributed by atoms with Crippen LogP contribution in [-0.4, -0.2) is 18.2 Å². The lowest BCUT2D eigenvalue weighted by atomic mass is 10.1. The third-order valence-electron chi connectivity index (χ3n) is 3.26. The third-order valence-corrected chi connectivity index (χ3v) is 3.26. The summed E-state index contributed by atoms with van der Waals surface area (Å²) in [6, 6.07) is 6.46. The monoisotopic (exact) mass is 318 g/mol. The van der Waals surface area contributed by atoms with Gasteiger partial charge in [-0.1, -0.05) is 0 Å². The Balaban J connectivity index is 1.98. The number of alkyl carbamates (subject to hydrolysis) is 1. The molecule has 0 bridgehead atoms. The summed E-state index contributed by atoms with van der Waals surface area (Å²) in [5.41, 5.74) is 2.36. The number of fused-ring (bicyclic) bond motifs is 1. The average Bonchev–Trinajstić information content (AvgIpc) is 2.94. The van der Waals surface area contributed by atoms with Crippen molar-refractivity contribution in [1.82, 2.24) is 10.3 Å². The number of ether oxygens (including phenoxy) is 1. The maximum absolute atomic E-state index is 13.3. The van der Waals surface area contributed by atoms with E-state index in [-0.39, 0.29) is 6.54 Å². The van der Waals surface area contributed by atoms with Crippen LogP contribution >= 0.6 is 0 Å². The lowest BCUT2D eigenvalue weighted by Crippen LogP contribution is -2.22. The zero-order chi connectivity index (χ0) is 16.4. The van der Waals surface area contributed by atoms with Gasteiger partial charge >= 0.3 is 6.09 Å². The van der Waals surface area contributed by atoms with E-state index < -0.39 is 17.7 Å². The first-order chi connectivity index (χ1) is 11.1. The summed E-state index contributed by atoms with van der Waals surface area (Å²) < 4.78 is 36.5. The summed E-state index contributed by atoms with van der Waals surface area (Å²) in [4.78, 5) is 15.5. The Kier molecular flexibility index (Phi) is 3.92. The molecule has 0 saturated carbocycles. The van der Waals surface area contributed by atoms with Crippen molar-refractivity contribution in [3.8, 4) is 11.3 Å². The Morgan fingerprint density at radius 3 is 2.70 bits per heavy atom. The average molecular weight is 318 g/mol. The summed E-state index contributed by atoms with van der Waals surface area (Å²) in [5.74, 6) is -1.36. The molecule has 5 nitrogen and oxygen atoms in total. The molecule has 0 aliphatic heterocycles. The predicted molar refractivity (Wildman–Crippen MR) is 78.6 cm³/mol. The molecule has 0 aliphatic rings. The first kappa shape index (κ1) is 15.0. The highest BCUT2D eigenvalue weighted by Crippen LogP contribution is 2.25. The van der Waals surface area contributed by atoms with E-state index >= 15 is 0 Å². The second-order valence-electron chi connectivity index (χ2n) is 4.81. The molecular formula is C16H12F2N2O3. The van der Waals surface area contributed by atoms with Crippen LogP contribution in [0.25, 0.3) is 22.4 Å². The van der Waals surface area contributed by atoms with Gasteiger partial charge in [0.1, 0.15) is 17.2 Å². The number of pyridine rings is 1. The molecule has 0 spiro atoms. The number of carbonyl (C=O) groups excluding carboxylic acids is 1. The Morgan fingerprint density at radius 2 is 2.00 bits per heavy atom. The van der Waals surface area contributed by atoms with Crippen LogP contribution in [0.2, 0.25) is 0 Å². The van der Waals surface area contributed by atoms with Crippen LogP contribution in [0.5, 0.6) is 0 Å². The molecule has 0 saturated heterocycles. The van der Waals surface area contributed by atoms with Crippen molar-refractivity contribution >= 4 is 17.2 Å².